The van der Waals surface area contributed by atoms with Crippen LogP contribution in [0.1, 0.15) is 29.3 Å². The summed E-state index contributed by atoms with van der Waals surface area (Å²) in [6.45, 7) is 1.72. The van der Waals surface area contributed by atoms with Crippen LogP contribution >= 0.6 is 11.6 Å². The van der Waals surface area contributed by atoms with Crippen LogP contribution in [0.4, 0.5) is 0 Å². The normalized spacial score (nSPS) is 27.7. The van der Waals surface area contributed by atoms with Gasteiger partial charge in [0.25, 0.3) is 0 Å². The van der Waals surface area contributed by atoms with Crippen LogP contribution in [0.2, 0.25) is 5.02 Å². The molecule has 7 heteroatoms. The maximum Gasteiger partial charge on any atom is 0.342 e. The van der Waals surface area contributed by atoms with E-state index in [0.717, 1.165) is 6.07 Å². The molecule has 3 atom stereocenters. The van der Waals surface area contributed by atoms with E-state index in [0.29, 0.717) is 6.42 Å². The zero-order valence-electron chi connectivity index (χ0n) is 13.4. The largest absolute Gasteiger partial charge is 0.507 e. The summed E-state index contributed by atoms with van der Waals surface area (Å²) in [6, 6.07) is 0.958. The van der Waals surface area contributed by atoms with Crippen LogP contribution in [-0.2, 0) is 20.7 Å². The van der Waals surface area contributed by atoms with Crippen molar-refractivity contribution in [2.24, 2.45) is 0 Å². The Hall–Kier alpha value is -2.31. The molecular formula is C18H17ClO6. The number of hydrogen-bond donors (Lipinski definition) is 2. The van der Waals surface area contributed by atoms with Crippen molar-refractivity contribution in [2.45, 2.75) is 38.1 Å². The molecule has 0 aliphatic carbocycles. The summed E-state index contributed by atoms with van der Waals surface area (Å²) < 4.78 is 10.8. The average Bonchev–Trinajstić information content (AvgIpc) is 3.25. The van der Waals surface area contributed by atoms with Gasteiger partial charge in [0, 0.05) is 24.5 Å². The van der Waals surface area contributed by atoms with Gasteiger partial charge in [0.1, 0.15) is 29.3 Å². The molecule has 0 spiro atoms. The molecule has 0 aromatic heterocycles. The molecule has 2 N–H and O–H groups in total. The Balaban J connectivity index is 2.01. The van der Waals surface area contributed by atoms with Gasteiger partial charge >= 0.3 is 5.97 Å². The lowest BCUT2D eigenvalue weighted by Gasteiger charge is -2.16. The lowest BCUT2D eigenvalue weighted by molar-refractivity contribution is -0.114. The van der Waals surface area contributed by atoms with Gasteiger partial charge < -0.3 is 19.7 Å². The quantitative estimate of drug-likeness (QED) is 0.542. The van der Waals surface area contributed by atoms with Crippen molar-refractivity contribution < 1.29 is 29.3 Å². The number of cyclic esters (lactones) is 1. The predicted octanol–water partition coefficient (Wildman–Crippen LogP) is 2.69. The molecule has 1 aromatic rings. The van der Waals surface area contributed by atoms with Crippen LogP contribution in [0, 0.1) is 0 Å². The van der Waals surface area contributed by atoms with Gasteiger partial charge in [-0.25, -0.2) is 4.79 Å². The van der Waals surface area contributed by atoms with Crippen molar-refractivity contribution in [1.29, 1.82) is 0 Å². The van der Waals surface area contributed by atoms with Gasteiger partial charge in [0.2, 0.25) is 0 Å². The van der Waals surface area contributed by atoms with Gasteiger partial charge in [-0.1, -0.05) is 29.8 Å². The molecule has 1 saturated heterocycles. The van der Waals surface area contributed by atoms with E-state index in [9.17, 15) is 19.8 Å². The first-order valence-corrected chi connectivity index (χ1v) is 8.22. The second kappa shape index (κ2) is 6.90. The maximum absolute atomic E-state index is 12.5. The summed E-state index contributed by atoms with van der Waals surface area (Å²) in [5.74, 6) is -2.04. The number of carbonyl (C=O) groups is 2. The fourth-order valence-corrected chi connectivity index (χ4v) is 3.00. The Bertz CT molecular complexity index is 782. The Morgan fingerprint density at radius 3 is 2.72 bits per heavy atom. The molecule has 1 aromatic carbocycles. The second-order valence-corrected chi connectivity index (χ2v) is 6.44. The summed E-state index contributed by atoms with van der Waals surface area (Å²) in [5, 5.41) is 19.7. The number of benzene rings is 1. The molecule has 2 heterocycles. The minimum absolute atomic E-state index is 0.0348. The third-order valence-corrected chi connectivity index (χ3v) is 4.49. The standard InChI is InChI=1S/C18H17ClO6/c1-9-6-15-14(25-15)5-3-2-4-10(20)7-11-16(18(23)24-9)12(21)8-13(22)17(11)19/h2-5,8-9,14-15,21-22H,6-7H2,1H3/b4-2?,5-3-/t9-,14-,15-/m1/s1. The Morgan fingerprint density at radius 2 is 1.96 bits per heavy atom. The number of allylic oxidation sites excluding steroid dienone is 3. The van der Waals surface area contributed by atoms with Gasteiger partial charge in [-0.3, -0.25) is 4.79 Å². The number of epoxide rings is 1. The number of ketones is 1. The highest BCUT2D eigenvalue weighted by Gasteiger charge is 2.38. The Labute approximate surface area is 149 Å². The first-order chi connectivity index (χ1) is 11.9. The molecule has 0 amide bonds. The number of rotatable bonds is 0. The van der Waals surface area contributed by atoms with Crippen LogP contribution in [-0.4, -0.2) is 40.3 Å². The molecule has 2 aliphatic heterocycles. The van der Waals surface area contributed by atoms with E-state index in [4.69, 9.17) is 21.1 Å². The highest BCUT2D eigenvalue weighted by molar-refractivity contribution is 6.33. The fraction of sp³-hybridized carbons (Fsp3) is 0.333. The highest BCUT2D eigenvalue weighted by atomic mass is 35.5. The van der Waals surface area contributed by atoms with Crippen molar-refractivity contribution in [2.75, 3.05) is 0 Å². The summed E-state index contributed by atoms with van der Waals surface area (Å²) in [7, 11) is 0. The number of phenols is 2. The SMILES string of the molecule is C[C@@H]1C[C@H]2O[C@@H]2/C=C\C=CC(=O)Cc2c(Cl)c(O)cc(O)c2C(=O)O1. The molecular weight excluding hydrogens is 348 g/mol. The van der Waals surface area contributed by atoms with E-state index in [1.54, 1.807) is 19.1 Å². The zero-order chi connectivity index (χ0) is 18.1. The van der Waals surface area contributed by atoms with Crippen LogP contribution in [0.3, 0.4) is 0 Å². The van der Waals surface area contributed by atoms with E-state index >= 15 is 0 Å². The number of halogens is 1. The third kappa shape index (κ3) is 3.86. The molecule has 0 bridgehead atoms. The number of aromatic hydroxyl groups is 2. The Kier molecular flexibility index (Phi) is 4.83. The maximum atomic E-state index is 12.5. The minimum Gasteiger partial charge on any atom is -0.507 e. The molecule has 25 heavy (non-hydrogen) atoms. The Morgan fingerprint density at radius 1 is 1.20 bits per heavy atom. The number of carbonyl (C=O) groups excluding carboxylic acids is 2. The van der Waals surface area contributed by atoms with Crippen molar-refractivity contribution >= 4 is 23.4 Å². The molecule has 132 valence electrons. The summed E-state index contributed by atoms with van der Waals surface area (Å²) >= 11 is 6.05. The van der Waals surface area contributed by atoms with Crippen molar-refractivity contribution in [3.05, 3.63) is 46.5 Å². The van der Waals surface area contributed by atoms with Crippen molar-refractivity contribution in [3.8, 4) is 11.5 Å². The number of esters is 1. The molecule has 0 radical (unpaired) electrons. The molecule has 0 unspecified atom stereocenters. The summed E-state index contributed by atoms with van der Waals surface area (Å²) in [6.07, 6.45) is 6.13. The van der Waals surface area contributed by atoms with Crippen LogP contribution in [0.25, 0.3) is 0 Å². The highest BCUT2D eigenvalue weighted by Crippen LogP contribution is 2.37. The molecule has 2 aliphatic rings. The number of hydrogen-bond acceptors (Lipinski definition) is 6. The fourth-order valence-electron chi connectivity index (χ4n) is 2.78. The number of fused-ring (bicyclic) bond motifs is 2. The first kappa shape index (κ1) is 17.5. The van der Waals surface area contributed by atoms with Crippen molar-refractivity contribution in [3.63, 3.8) is 0 Å². The second-order valence-electron chi connectivity index (χ2n) is 6.06. The lowest BCUT2D eigenvalue weighted by atomic mass is 10.00. The topological polar surface area (TPSA) is 96.4 Å². The lowest BCUT2D eigenvalue weighted by Crippen LogP contribution is -2.19. The van der Waals surface area contributed by atoms with Gasteiger partial charge in [0.05, 0.1) is 11.1 Å². The van der Waals surface area contributed by atoms with Crippen LogP contribution < -0.4 is 0 Å². The van der Waals surface area contributed by atoms with E-state index in [2.05, 4.69) is 0 Å². The van der Waals surface area contributed by atoms with Crippen LogP contribution in [0.15, 0.2) is 30.4 Å². The van der Waals surface area contributed by atoms with Gasteiger partial charge in [0.15, 0.2) is 5.78 Å². The van der Waals surface area contributed by atoms with Crippen LogP contribution in [0.5, 0.6) is 11.5 Å². The van der Waals surface area contributed by atoms with E-state index < -0.39 is 23.6 Å². The van der Waals surface area contributed by atoms with Gasteiger partial charge in [-0.15, -0.1) is 0 Å². The van der Waals surface area contributed by atoms with Crippen molar-refractivity contribution in [1.82, 2.24) is 0 Å². The zero-order valence-corrected chi connectivity index (χ0v) is 14.2. The smallest absolute Gasteiger partial charge is 0.342 e. The van der Waals surface area contributed by atoms with E-state index in [1.807, 2.05) is 6.08 Å². The number of phenolic OH excluding ortho intramolecular Hbond substituents is 2. The van der Waals surface area contributed by atoms with E-state index in [-0.39, 0.29) is 40.6 Å². The van der Waals surface area contributed by atoms with Gasteiger partial charge in [-0.05, 0) is 13.0 Å². The molecule has 1 fully saturated rings. The first-order valence-electron chi connectivity index (χ1n) is 7.84. The summed E-state index contributed by atoms with van der Waals surface area (Å²) in [5.41, 5.74) is -0.176. The van der Waals surface area contributed by atoms with Gasteiger partial charge in [-0.2, -0.15) is 0 Å². The molecule has 0 saturated carbocycles. The average molecular weight is 365 g/mol. The monoisotopic (exact) mass is 364 g/mol. The summed E-state index contributed by atoms with van der Waals surface area (Å²) in [4.78, 5) is 24.6. The molecule has 3 rings (SSSR count). The minimum atomic E-state index is -0.802. The third-order valence-electron chi connectivity index (χ3n) is 4.06. The predicted molar refractivity (Wildman–Crippen MR) is 89.9 cm³/mol. The van der Waals surface area contributed by atoms with E-state index in [1.165, 1.54) is 6.08 Å². The number of ether oxygens (including phenoxy) is 2. The molecule has 6 nitrogen and oxygen atoms in total.